The molecule has 0 radical (unpaired) electrons. The van der Waals surface area contributed by atoms with Gasteiger partial charge in [-0.2, -0.15) is 0 Å². The van der Waals surface area contributed by atoms with Crippen LogP contribution < -0.4 is 4.72 Å². The molecular formula is C18H24N2O5S. The zero-order valence-corrected chi connectivity index (χ0v) is 15.4. The van der Waals surface area contributed by atoms with Crippen LogP contribution in [0.5, 0.6) is 0 Å². The van der Waals surface area contributed by atoms with Crippen molar-refractivity contribution in [3.8, 4) is 0 Å². The van der Waals surface area contributed by atoms with E-state index in [0.717, 1.165) is 32.1 Å². The van der Waals surface area contributed by atoms with Gasteiger partial charge in [0.25, 0.3) is 5.91 Å². The zero-order chi connectivity index (χ0) is 18.7. The predicted octanol–water partition coefficient (Wildman–Crippen LogP) is 1.99. The quantitative estimate of drug-likeness (QED) is 0.753. The molecule has 26 heavy (non-hydrogen) atoms. The molecule has 1 amide bonds. The number of nitrogens with one attached hydrogen (secondary N) is 1. The van der Waals surface area contributed by atoms with E-state index in [4.69, 9.17) is 5.11 Å². The number of carbonyl (C=O) groups is 2. The maximum absolute atomic E-state index is 12.9. The summed E-state index contributed by atoms with van der Waals surface area (Å²) in [5, 5.41) is 8.91. The van der Waals surface area contributed by atoms with Crippen molar-refractivity contribution in [2.45, 2.75) is 61.9 Å². The Balaban J connectivity index is 1.77. The first-order chi connectivity index (χ1) is 12.4. The van der Waals surface area contributed by atoms with E-state index in [2.05, 4.69) is 4.72 Å². The van der Waals surface area contributed by atoms with E-state index in [1.807, 2.05) is 0 Å². The molecule has 2 N–H and O–H groups in total. The molecule has 142 valence electrons. The average molecular weight is 380 g/mol. The number of benzene rings is 1. The highest BCUT2D eigenvalue weighted by molar-refractivity contribution is 7.89. The van der Waals surface area contributed by atoms with E-state index in [-0.39, 0.29) is 29.3 Å². The number of likely N-dealkylation sites (tertiary alicyclic amines) is 1. The van der Waals surface area contributed by atoms with Gasteiger partial charge in [-0.1, -0.05) is 6.07 Å². The van der Waals surface area contributed by atoms with Gasteiger partial charge in [-0.05, 0) is 56.7 Å². The van der Waals surface area contributed by atoms with Gasteiger partial charge in [0.1, 0.15) is 0 Å². The largest absolute Gasteiger partial charge is 0.481 e. The lowest BCUT2D eigenvalue weighted by atomic mass is 9.97. The van der Waals surface area contributed by atoms with Crippen molar-refractivity contribution in [3.63, 3.8) is 0 Å². The van der Waals surface area contributed by atoms with Crippen LogP contribution in [0.25, 0.3) is 0 Å². The summed E-state index contributed by atoms with van der Waals surface area (Å²) in [4.78, 5) is 25.6. The number of rotatable bonds is 7. The number of carboxylic acid groups (broad SMARTS) is 1. The number of hydrogen-bond acceptors (Lipinski definition) is 4. The predicted molar refractivity (Wildman–Crippen MR) is 95.3 cm³/mol. The number of aliphatic carboxylic acids is 1. The Kier molecular flexibility index (Phi) is 5.62. The maximum Gasteiger partial charge on any atom is 0.303 e. The Hall–Kier alpha value is -1.93. The van der Waals surface area contributed by atoms with Crippen LogP contribution in [0.15, 0.2) is 29.2 Å². The minimum atomic E-state index is -3.62. The maximum atomic E-state index is 12.9. The Morgan fingerprint density at radius 3 is 2.65 bits per heavy atom. The van der Waals surface area contributed by atoms with Crippen molar-refractivity contribution in [3.05, 3.63) is 29.8 Å². The number of hydrogen-bond donors (Lipinski definition) is 2. The lowest BCUT2D eigenvalue weighted by Crippen LogP contribution is -2.44. The van der Waals surface area contributed by atoms with E-state index in [9.17, 15) is 18.0 Å². The fourth-order valence-corrected chi connectivity index (χ4v) is 4.66. The summed E-state index contributed by atoms with van der Waals surface area (Å²) in [5.41, 5.74) is 0.325. The first kappa shape index (κ1) is 18.8. The molecule has 8 heteroatoms. The first-order valence-electron chi connectivity index (χ1n) is 9.02. The first-order valence-corrected chi connectivity index (χ1v) is 10.5. The third-order valence-electron chi connectivity index (χ3n) is 4.87. The zero-order valence-electron chi connectivity index (χ0n) is 14.6. The Morgan fingerprint density at radius 2 is 1.96 bits per heavy atom. The molecule has 1 aromatic carbocycles. The Labute approximate surface area is 153 Å². The van der Waals surface area contributed by atoms with Crippen molar-refractivity contribution in [1.82, 2.24) is 9.62 Å². The molecule has 1 atom stereocenters. The standard InChI is InChI=1S/C18H24N2O5S/c21-17(22)10-9-15-5-1-2-11-20(15)18(23)13-4-3-6-16(12-13)26(24,25)19-14-7-8-14/h3-4,6,12,14-15,19H,1-2,5,7-11H2,(H,21,22). The van der Waals surface area contributed by atoms with Gasteiger partial charge in [0.15, 0.2) is 0 Å². The Morgan fingerprint density at radius 1 is 1.19 bits per heavy atom. The highest BCUT2D eigenvalue weighted by Crippen LogP contribution is 2.25. The van der Waals surface area contributed by atoms with Crippen LogP contribution in [0.1, 0.15) is 55.3 Å². The summed E-state index contributed by atoms with van der Waals surface area (Å²) < 4.78 is 27.4. The third kappa shape index (κ3) is 4.62. The smallest absolute Gasteiger partial charge is 0.303 e. The number of piperidine rings is 1. The van der Waals surface area contributed by atoms with Crippen LogP contribution in [-0.2, 0) is 14.8 Å². The summed E-state index contributed by atoms with van der Waals surface area (Å²) in [7, 11) is -3.62. The van der Waals surface area contributed by atoms with Crippen LogP contribution in [0.4, 0.5) is 0 Å². The van der Waals surface area contributed by atoms with Crippen LogP contribution in [0, 0.1) is 0 Å². The fraction of sp³-hybridized carbons (Fsp3) is 0.556. The molecule has 0 spiro atoms. The Bertz CT molecular complexity index is 789. The normalized spacial score (nSPS) is 20.8. The number of carbonyl (C=O) groups excluding carboxylic acids is 1. The summed E-state index contributed by atoms with van der Waals surface area (Å²) in [5.74, 6) is -1.11. The molecular weight excluding hydrogens is 356 g/mol. The van der Waals surface area contributed by atoms with Gasteiger partial charge in [-0.3, -0.25) is 9.59 Å². The van der Waals surface area contributed by atoms with Crippen molar-refractivity contribution in [1.29, 1.82) is 0 Å². The van der Waals surface area contributed by atoms with Crippen LogP contribution in [0.2, 0.25) is 0 Å². The molecule has 7 nitrogen and oxygen atoms in total. The molecule has 1 aliphatic heterocycles. The molecule has 3 rings (SSSR count). The molecule has 2 aliphatic rings. The highest BCUT2D eigenvalue weighted by atomic mass is 32.2. The molecule has 1 aromatic rings. The molecule has 1 unspecified atom stereocenters. The molecule has 2 fully saturated rings. The van der Waals surface area contributed by atoms with Gasteiger partial charge in [0.05, 0.1) is 4.90 Å². The average Bonchev–Trinajstić information content (AvgIpc) is 3.43. The van der Waals surface area contributed by atoms with E-state index in [0.29, 0.717) is 18.5 Å². The minimum absolute atomic E-state index is 0.00171. The van der Waals surface area contributed by atoms with Crippen molar-refractivity contribution in [2.75, 3.05) is 6.54 Å². The lowest BCUT2D eigenvalue weighted by molar-refractivity contribution is -0.137. The number of nitrogens with zero attached hydrogens (tertiary/aromatic N) is 1. The van der Waals surface area contributed by atoms with Crippen LogP contribution in [0.3, 0.4) is 0 Å². The van der Waals surface area contributed by atoms with Gasteiger partial charge in [-0.15, -0.1) is 0 Å². The van der Waals surface area contributed by atoms with E-state index in [1.165, 1.54) is 12.1 Å². The topological polar surface area (TPSA) is 104 Å². The number of carboxylic acids is 1. The molecule has 0 aromatic heterocycles. The summed E-state index contributed by atoms with van der Waals surface area (Å²) in [6.07, 6.45) is 4.74. The second kappa shape index (κ2) is 7.75. The van der Waals surface area contributed by atoms with Gasteiger partial charge in [-0.25, -0.2) is 13.1 Å². The SMILES string of the molecule is O=C(O)CCC1CCCCN1C(=O)c1cccc(S(=O)(=O)NC2CC2)c1. The number of sulfonamides is 1. The van der Waals surface area contributed by atoms with Gasteiger partial charge in [0.2, 0.25) is 10.0 Å². The molecule has 1 aliphatic carbocycles. The highest BCUT2D eigenvalue weighted by Gasteiger charge is 2.30. The number of amides is 1. The summed E-state index contributed by atoms with van der Waals surface area (Å²) in [6.45, 7) is 0.570. The van der Waals surface area contributed by atoms with Crippen LogP contribution in [-0.4, -0.2) is 48.9 Å². The van der Waals surface area contributed by atoms with Crippen LogP contribution >= 0.6 is 0 Å². The monoisotopic (exact) mass is 380 g/mol. The molecule has 1 saturated heterocycles. The lowest BCUT2D eigenvalue weighted by Gasteiger charge is -2.35. The summed E-state index contributed by atoms with van der Waals surface area (Å²) >= 11 is 0. The van der Waals surface area contributed by atoms with Gasteiger partial charge in [0, 0.05) is 30.6 Å². The molecule has 1 saturated carbocycles. The van der Waals surface area contributed by atoms with E-state index >= 15 is 0 Å². The van der Waals surface area contributed by atoms with E-state index in [1.54, 1.807) is 17.0 Å². The molecule has 1 heterocycles. The fourth-order valence-electron chi connectivity index (χ4n) is 3.31. The van der Waals surface area contributed by atoms with Crippen molar-refractivity contribution < 1.29 is 23.1 Å². The minimum Gasteiger partial charge on any atom is -0.481 e. The second-order valence-corrected chi connectivity index (χ2v) is 8.72. The molecule has 0 bridgehead atoms. The van der Waals surface area contributed by atoms with Crippen molar-refractivity contribution >= 4 is 21.9 Å². The van der Waals surface area contributed by atoms with Gasteiger partial charge < -0.3 is 10.0 Å². The van der Waals surface area contributed by atoms with Gasteiger partial charge >= 0.3 is 5.97 Å². The van der Waals surface area contributed by atoms with E-state index < -0.39 is 16.0 Å². The summed E-state index contributed by atoms with van der Waals surface area (Å²) in [6, 6.07) is 5.97. The third-order valence-corrected chi connectivity index (χ3v) is 6.39. The second-order valence-electron chi connectivity index (χ2n) is 7.00. The van der Waals surface area contributed by atoms with Crippen molar-refractivity contribution in [2.24, 2.45) is 0 Å².